The van der Waals surface area contributed by atoms with Crippen molar-refractivity contribution in [2.75, 3.05) is 13.2 Å². The zero-order valence-electron chi connectivity index (χ0n) is 57.5. The lowest BCUT2D eigenvalue weighted by Crippen LogP contribution is -2.60. The molecule has 0 saturated carbocycles. The second kappa shape index (κ2) is 65.1. The fourth-order valence-electron chi connectivity index (χ4n) is 12.2. The van der Waals surface area contributed by atoms with E-state index >= 15 is 0 Å². The van der Waals surface area contributed by atoms with Crippen LogP contribution in [0.1, 0.15) is 367 Å². The van der Waals surface area contributed by atoms with Gasteiger partial charge in [-0.05, 0) is 89.9 Å². The van der Waals surface area contributed by atoms with Crippen molar-refractivity contribution in [2.45, 2.75) is 422 Å². The van der Waals surface area contributed by atoms with Crippen LogP contribution in [-0.4, -0.2) is 110 Å². The Bertz CT molecular complexity index is 1570. The van der Waals surface area contributed by atoms with Crippen LogP contribution in [0.2, 0.25) is 0 Å². The van der Waals surface area contributed by atoms with Crippen LogP contribution in [0.5, 0.6) is 0 Å². The summed E-state index contributed by atoms with van der Waals surface area (Å²) < 4.78 is 11.2. The van der Waals surface area contributed by atoms with Crippen LogP contribution in [0.25, 0.3) is 0 Å². The Hall–Kier alpha value is -1.93. The second-order valence-electron chi connectivity index (χ2n) is 26.7. The fraction of sp³-hybridized carbons (Fsp3) is 0.883. The van der Waals surface area contributed by atoms with Gasteiger partial charge in [-0.25, -0.2) is 0 Å². The Balaban J connectivity index is 2.20. The Morgan fingerprint density at radius 3 is 1.01 bits per heavy atom. The number of allylic oxidation sites excluding steroid dienone is 8. The molecule has 9 unspecified atom stereocenters. The summed E-state index contributed by atoms with van der Waals surface area (Å²) in [5, 5.41) is 76.6. The third-order valence-electron chi connectivity index (χ3n) is 18.3. The molecular weight excluding hydrogens is 1100 g/mol. The topological polar surface area (TPSA) is 189 Å². The van der Waals surface area contributed by atoms with Crippen molar-refractivity contribution < 1.29 is 50.0 Å². The van der Waals surface area contributed by atoms with E-state index in [1.54, 1.807) is 0 Å². The summed E-state index contributed by atoms with van der Waals surface area (Å²) in [6.07, 6.45) is 75.0. The van der Waals surface area contributed by atoms with Crippen molar-refractivity contribution in [3.8, 4) is 0 Å². The smallest absolute Gasteiger partial charge is 0.249 e. The molecule has 1 aliphatic heterocycles. The average Bonchev–Trinajstić information content (AvgIpc) is 2.67. The van der Waals surface area contributed by atoms with Crippen molar-refractivity contribution in [3.05, 3.63) is 48.6 Å². The van der Waals surface area contributed by atoms with E-state index in [2.05, 4.69) is 67.8 Å². The lowest BCUT2D eigenvalue weighted by molar-refractivity contribution is -0.303. The first-order valence-corrected chi connectivity index (χ1v) is 38.0. The number of carbonyl (C=O) groups is 1. The molecule has 0 radical (unpaired) electrons. The van der Waals surface area contributed by atoms with E-state index < -0.39 is 74.2 Å². The third kappa shape index (κ3) is 51.6. The first-order valence-electron chi connectivity index (χ1n) is 38.0. The number of rotatable bonds is 67. The average molecular weight is 1250 g/mol. The molecule has 0 aromatic heterocycles. The van der Waals surface area contributed by atoms with Gasteiger partial charge in [0.25, 0.3) is 0 Å². The second-order valence-corrected chi connectivity index (χ2v) is 26.7. The van der Waals surface area contributed by atoms with Gasteiger partial charge in [0.2, 0.25) is 5.91 Å². The summed E-state index contributed by atoms with van der Waals surface area (Å²) in [6, 6.07) is -1.20. The molecule has 0 bridgehead atoms. The number of ether oxygens (including phenoxy) is 2. The van der Waals surface area contributed by atoms with Crippen LogP contribution < -0.4 is 5.32 Å². The van der Waals surface area contributed by atoms with E-state index in [-0.39, 0.29) is 12.8 Å². The van der Waals surface area contributed by atoms with Crippen LogP contribution in [0.4, 0.5) is 0 Å². The highest BCUT2D eigenvalue weighted by atomic mass is 16.7. The van der Waals surface area contributed by atoms with Crippen molar-refractivity contribution >= 4 is 5.91 Å². The normalized spacial score (nSPS) is 18.9. The van der Waals surface area contributed by atoms with Gasteiger partial charge in [-0.3, -0.25) is 4.79 Å². The number of hydrogen-bond acceptors (Lipinski definition) is 10. The highest BCUT2D eigenvalue weighted by Crippen LogP contribution is 2.24. The van der Waals surface area contributed by atoms with Gasteiger partial charge in [0.15, 0.2) is 6.29 Å². The molecule has 11 heteroatoms. The van der Waals surface area contributed by atoms with Gasteiger partial charge in [-0.15, -0.1) is 0 Å². The highest BCUT2D eigenvalue weighted by molar-refractivity contribution is 5.80. The summed E-state index contributed by atoms with van der Waals surface area (Å²) in [5.41, 5.74) is 0. The molecule has 1 aliphatic rings. The van der Waals surface area contributed by atoms with Crippen molar-refractivity contribution in [3.63, 3.8) is 0 Å². The van der Waals surface area contributed by atoms with Crippen molar-refractivity contribution in [1.82, 2.24) is 5.32 Å². The van der Waals surface area contributed by atoms with Gasteiger partial charge in [-0.1, -0.05) is 326 Å². The van der Waals surface area contributed by atoms with Crippen LogP contribution in [0.3, 0.4) is 0 Å². The minimum atomic E-state index is -1.68. The fourth-order valence-corrected chi connectivity index (χ4v) is 12.2. The molecule has 88 heavy (non-hydrogen) atoms. The summed E-state index contributed by atoms with van der Waals surface area (Å²) in [6.45, 7) is 3.49. The Labute approximate surface area is 542 Å². The molecule has 518 valence electrons. The molecule has 1 heterocycles. The summed E-state index contributed by atoms with van der Waals surface area (Å²) >= 11 is 0. The highest BCUT2D eigenvalue weighted by Gasteiger charge is 2.44. The number of amides is 1. The minimum Gasteiger partial charge on any atom is -0.394 e. The Kier molecular flexibility index (Phi) is 62.2. The quantitative estimate of drug-likeness (QED) is 0.0215. The first kappa shape index (κ1) is 84.1. The van der Waals surface area contributed by atoms with E-state index in [0.29, 0.717) is 19.3 Å². The van der Waals surface area contributed by atoms with E-state index in [9.17, 15) is 40.5 Å². The SMILES string of the molecule is CCCCCCCCCCCCCC/C=C\CCCCCCCCCCCCCCCCC(O)C(=O)NC(COC1OC(CO)C(O)C(O)C1O)C(O)C(O)CCC/C=C/CC/C=C/CC/C=C/CCCCCCCCCCCCCCCCCCCC. The number of aliphatic hydroxyl groups is 7. The zero-order chi connectivity index (χ0) is 63.9. The standard InChI is InChI=1S/C77H145NO10/c1-3-5-7-9-11-13-15-17-19-21-23-25-27-29-31-33-35-37-38-40-42-44-46-48-50-52-54-56-58-60-62-64-69(80)72(82)68(67-87-77-75(85)74(84)73(83)71(66-79)88-77)78-76(86)70(81)65-63-61-59-57-55-53-51-49-47-45-43-41-39-36-34-32-30-28-26-24-22-20-18-16-14-12-10-8-6-4-2/h30,32,40,42,48,50,56,58,68-75,77,79-85H,3-29,31,33-39,41,43-47,49,51-55,57,59-67H2,1-2H3,(H,78,86)/b32-30-,42-40+,50-48+,58-56+. The lowest BCUT2D eigenvalue weighted by Gasteiger charge is -2.40. The Morgan fingerprint density at radius 2 is 0.682 bits per heavy atom. The first-order chi connectivity index (χ1) is 43.2. The lowest BCUT2D eigenvalue weighted by atomic mass is 9.98. The largest absolute Gasteiger partial charge is 0.394 e. The van der Waals surface area contributed by atoms with Gasteiger partial charge in [0.1, 0.15) is 36.6 Å². The third-order valence-corrected chi connectivity index (χ3v) is 18.3. The van der Waals surface area contributed by atoms with Gasteiger partial charge in [-0.2, -0.15) is 0 Å². The van der Waals surface area contributed by atoms with E-state index in [1.807, 2.05) is 0 Å². The van der Waals surface area contributed by atoms with Crippen LogP contribution in [0.15, 0.2) is 48.6 Å². The molecule has 1 rings (SSSR count). The predicted molar refractivity (Wildman–Crippen MR) is 372 cm³/mol. The number of unbranched alkanes of at least 4 members (excludes halogenated alkanes) is 47. The number of aliphatic hydroxyl groups excluding tert-OH is 7. The maximum absolute atomic E-state index is 13.3. The zero-order valence-corrected chi connectivity index (χ0v) is 57.5. The monoisotopic (exact) mass is 1240 g/mol. The molecular formula is C77H145NO10. The van der Waals surface area contributed by atoms with Crippen molar-refractivity contribution in [2.24, 2.45) is 0 Å². The van der Waals surface area contributed by atoms with Crippen LogP contribution in [-0.2, 0) is 14.3 Å². The van der Waals surface area contributed by atoms with Crippen LogP contribution >= 0.6 is 0 Å². The maximum Gasteiger partial charge on any atom is 0.249 e. The van der Waals surface area contributed by atoms with Gasteiger partial charge in [0, 0.05) is 0 Å². The Morgan fingerprint density at radius 1 is 0.386 bits per heavy atom. The summed E-state index contributed by atoms with van der Waals surface area (Å²) in [7, 11) is 0. The van der Waals surface area contributed by atoms with E-state index in [4.69, 9.17) is 9.47 Å². The molecule has 0 aromatic rings. The van der Waals surface area contributed by atoms with E-state index in [1.165, 1.54) is 276 Å². The molecule has 9 atom stereocenters. The predicted octanol–water partition coefficient (Wildman–Crippen LogP) is 19.1. The van der Waals surface area contributed by atoms with Gasteiger partial charge >= 0.3 is 0 Å². The summed E-state index contributed by atoms with van der Waals surface area (Å²) in [4.78, 5) is 13.3. The van der Waals surface area contributed by atoms with Gasteiger partial charge in [0.05, 0.1) is 25.4 Å². The molecule has 0 aromatic carbocycles. The van der Waals surface area contributed by atoms with E-state index in [0.717, 1.165) is 44.9 Å². The molecule has 11 nitrogen and oxygen atoms in total. The molecule has 8 N–H and O–H groups in total. The molecule has 0 aliphatic carbocycles. The molecule has 1 fully saturated rings. The molecule has 1 amide bonds. The van der Waals surface area contributed by atoms with Gasteiger partial charge < -0.3 is 50.5 Å². The minimum absolute atomic E-state index is 0.241. The summed E-state index contributed by atoms with van der Waals surface area (Å²) in [5.74, 6) is -0.708. The number of nitrogens with one attached hydrogen (secondary N) is 1. The number of hydrogen-bond donors (Lipinski definition) is 8. The number of carbonyl (C=O) groups excluding carboxylic acids is 1. The van der Waals surface area contributed by atoms with Crippen molar-refractivity contribution in [1.29, 1.82) is 0 Å². The van der Waals surface area contributed by atoms with Crippen LogP contribution in [0, 0.1) is 0 Å². The maximum atomic E-state index is 13.3. The molecule has 0 spiro atoms. The molecule has 1 saturated heterocycles.